The van der Waals surface area contributed by atoms with Crippen LogP contribution in [0.5, 0.6) is 0 Å². The molecule has 5 heteroatoms. The zero-order valence-corrected chi connectivity index (χ0v) is 12.0. The van der Waals surface area contributed by atoms with Gasteiger partial charge in [-0.05, 0) is 44.9 Å². The van der Waals surface area contributed by atoms with E-state index in [0.29, 0.717) is 18.4 Å². The molecule has 4 unspecified atom stereocenters. The molecule has 2 bridgehead atoms. The Morgan fingerprint density at radius 1 is 1.26 bits per heavy atom. The van der Waals surface area contributed by atoms with E-state index in [2.05, 4.69) is 10.6 Å². The fourth-order valence-electron chi connectivity index (χ4n) is 3.57. The second-order valence-electron chi connectivity index (χ2n) is 6.62. The second kappa shape index (κ2) is 5.12. The van der Waals surface area contributed by atoms with Crippen LogP contribution < -0.4 is 16.4 Å². The van der Waals surface area contributed by atoms with Gasteiger partial charge in [0.2, 0.25) is 11.8 Å². The molecule has 0 aromatic heterocycles. The molecule has 0 radical (unpaired) electrons. The molecule has 2 amide bonds. The first-order valence-electron chi connectivity index (χ1n) is 7.12. The molecule has 2 aliphatic carbocycles. The highest BCUT2D eigenvalue weighted by molar-refractivity contribution is 5.84. The van der Waals surface area contributed by atoms with Gasteiger partial charge in [0, 0.05) is 19.6 Å². The zero-order chi connectivity index (χ0) is 14.2. The molecule has 0 heterocycles. The molecule has 2 fully saturated rings. The van der Waals surface area contributed by atoms with Crippen LogP contribution in [0.25, 0.3) is 0 Å². The van der Waals surface area contributed by atoms with Crippen molar-refractivity contribution in [1.82, 2.24) is 10.6 Å². The minimum atomic E-state index is -0.591. The molecule has 0 spiro atoms. The predicted molar refractivity (Wildman–Crippen MR) is 73.2 cm³/mol. The average Bonchev–Trinajstić information content (AvgIpc) is 2.95. The molecule has 2 rings (SSSR count). The Morgan fingerprint density at radius 2 is 1.89 bits per heavy atom. The molecule has 0 aromatic carbocycles. The van der Waals surface area contributed by atoms with Gasteiger partial charge in [-0.2, -0.15) is 0 Å². The van der Waals surface area contributed by atoms with Gasteiger partial charge < -0.3 is 16.4 Å². The summed E-state index contributed by atoms with van der Waals surface area (Å²) in [6, 6.07) is 0.00173. The summed E-state index contributed by atoms with van der Waals surface area (Å²) in [6.45, 7) is 4.01. The Bertz CT molecular complexity index is 379. The number of carbonyl (C=O) groups is 2. The SMILES string of the molecule is CNC(=O)C(C)(C)CNC(=O)C1C2CCC(C2)C1N. The van der Waals surface area contributed by atoms with E-state index in [-0.39, 0.29) is 23.8 Å². The Morgan fingerprint density at radius 3 is 2.42 bits per heavy atom. The van der Waals surface area contributed by atoms with E-state index in [9.17, 15) is 9.59 Å². The van der Waals surface area contributed by atoms with E-state index in [1.807, 2.05) is 13.8 Å². The maximum atomic E-state index is 12.3. The quantitative estimate of drug-likeness (QED) is 0.682. The molecule has 19 heavy (non-hydrogen) atoms. The van der Waals surface area contributed by atoms with Crippen LogP contribution in [0.2, 0.25) is 0 Å². The summed E-state index contributed by atoms with van der Waals surface area (Å²) in [5, 5.41) is 5.53. The molecular formula is C14H25N3O2. The van der Waals surface area contributed by atoms with Gasteiger partial charge in [0.25, 0.3) is 0 Å². The number of amides is 2. The van der Waals surface area contributed by atoms with Crippen molar-refractivity contribution in [1.29, 1.82) is 0 Å². The predicted octanol–water partition coefficient (Wildman–Crippen LogP) is 0.248. The van der Waals surface area contributed by atoms with Gasteiger partial charge in [0.15, 0.2) is 0 Å². The van der Waals surface area contributed by atoms with Gasteiger partial charge in [-0.15, -0.1) is 0 Å². The first-order valence-corrected chi connectivity index (χ1v) is 7.12. The first-order chi connectivity index (χ1) is 8.86. The summed E-state index contributed by atoms with van der Waals surface area (Å²) in [5.41, 5.74) is 5.56. The van der Waals surface area contributed by atoms with Crippen molar-refractivity contribution in [3.63, 3.8) is 0 Å². The third kappa shape index (κ3) is 2.61. The lowest BCUT2D eigenvalue weighted by Gasteiger charge is -2.29. The minimum absolute atomic E-state index is 0.00173. The third-order valence-corrected chi connectivity index (χ3v) is 4.83. The molecular weight excluding hydrogens is 242 g/mol. The van der Waals surface area contributed by atoms with Gasteiger partial charge in [-0.25, -0.2) is 0 Å². The number of nitrogens with one attached hydrogen (secondary N) is 2. The Hall–Kier alpha value is -1.10. The zero-order valence-electron chi connectivity index (χ0n) is 12.0. The summed E-state index contributed by atoms with van der Waals surface area (Å²) >= 11 is 0. The number of rotatable bonds is 4. The smallest absolute Gasteiger partial charge is 0.227 e. The highest BCUT2D eigenvalue weighted by Gasteiger charge is 2.49. The molecule has 108 valence electrons. The van der Waals surface area contributed by atoms with Crippen molar-refractivity contribution in [2.75, 3.05) is 13.6 Å². The van der Waals surface area contributed by atoms with Crippen LogP contribution in [-0.4, -0.2) is 31.4 Å². The summed E-state index contributed by atoms with van der Waals surface area (Å²) in [6.07, 6.45) is 3.38. The van der Waals surface area contributed by atoms with Crippen LogP contribution in [0.4, 0.5) is 0 Å². The highest BCUT2D eigenvalue weighted by Crippen LogP contribution is 2.47. The molecule has 0 saturated heterocycles. The number of carbonyl (C=O) groups excluding carboxylic acids is 2. The maximum absolute atomic E-state index is 12.3. The van der Waals surface area contributed by atoms with E-state index in [1.165, 1.54) is 6.42 Å². The maximum Gasteiger partial charge on any atom is 0.227 e. The Balaban J connectivity index is 1.90. The summed E-state index contributed by atoms with van der Waals surface area (Å²) in [7, 11) is 1.61. The van der Waals surface area contributed by atoms with Crippen LogP contribution in [0.1, 0.15) is 33.1 Å². The van der Waals surface area contributed by atoms with Gasteiger partial charge in [-0.1, -0.05) is 0 Å². The average molecular weight is 267 g/mol. The summed E-state index contributed by atoms with van der Waals surface area (Å²) in [4.78, 5) is 24.0. The lowest BCUT2D eigenvalue weighted by atomic mass is 9.84. The molecule has 2 aliphatic rings. The minimum Gasteiger partial charge on any atom is -0.359 e. The lowest BCUT2D eigenvalue weighted by Crippen LogP contribution is -2.49. The van der Waals surface area contributed by atoms with E-state index >= 15 is 0 Å². The van der Waals surface area contributed by atoms with E-state index < -0.39 is 5.41 Å². The van der Waals surface area contributed by atoms with E-state index in [0.717, 1.165) is 12.8 Å². The first kappa shape index (κ1) is 14.3. The molecule has 4 atom stereocenters. The van der Waals surface area contributed by atoms with E-state index in [1.54, 1.807) is 7.05 Å². The largest absolute Gasteiger partial charge is 0.359 e. The molecule has 5 nitrogen and oxygen atoms in total. The number of hydrogen-bond donors (Lipinski definition) is 3. The Labute approximate surface area is 114 Å². The van der Waals surface area contributed by atoms with Gasteiger partial charge in [0.05, 0.1) is 11.3 Å². The molecule has 0 aliphatic heterocycles. The van der Waals surface area contributed by atoms with Crippen molar-refractivity contribution < 1.29 is 9.59 Å². The van der Waals surface area contributed by atoms with Crippen LogP contribution in [0, 0.1) is 23.2 Å². The number of hydrogen-bond acceptors (Lipinski definition) is 3. The number of fused-ring (bicyclic) bond motifs is 2. The van der Waals surface area contributed by atoms with E-state index in [4.69, 9.17) is 5.73 Å². The monoisotopic (exact) mass is 267 g/mol. The molecule has 0 aromatic rings. The topological polar surface area (TPSA) is 84.2 Å². The van der Waals surface area contributed by atoms with Crippen molar-refractivity contribution >= 4 is 11.8 Å². The van der Waals surface area contributed by atoms with Crippen molar-refractivity contribution in [2.45, 2.75) is 39.2 Å². The molecule has 4 N–H and O–H groups in total. The lowest BCUT2D eigenvalue weighted by molar-refractivity contribution is -0.131. The fraction of sp³-hybridized carbons (Fsp3) is 0.857. The standard InChI is InChI=1S/C14H25N3O2/c1-14(2,13(19)16-3)7-17-12(18)10-8-4-5-9(6-8)11(10)15/h8-11H,4-7,15H2,1-3H3,(H,16,19)(H,17,18). The van der Waals surface area contributed by atoms with Gasteiger partial charge in [0.1, 0.15) is 0 Å². The normalized spacial score (nSPS) is 33.3. The van der Waals surface area contributed by atoms with Crippen LogP contribution in [0.15, 0.2) is 0 Å². The van der Waals surface area contributed by atoms with Crippen LogP contribution >= 0.6 is 0 Å². The van der Waals surface area contributed by atoms with Gasteiger partial charge >= 0.3 is 0 Å². The van der Waals surface area contributed by atoms with Gasteiger partial charge in [-0.3, -0.25) is 9.59 Å². The molecule has 2 saturated carbocycles. The van der Waals surface area contributed by atoms with Crippen LogP contribution in [0.3, 0.4) is 0 Å². The second-order valence-corrected chi connectivity index (χ2v) is 6.62. The van der Waals surface area contributed by atoms with Crippen LogP contribution in [-0.2, 0) is 9.59 Å². The summed E-state index contributed by atoms with van der Waals surface area (Å²) < 4.78 is 0. The van der Waals surface area contributed by atoms with Crippen molar-refractivity contribution in [3.05, 3.63) is 0 Å². The fourth-order valence-corrected chi connectivity index (χ4v) is 3.57. The van der Waals surface area contributed by atoms with Crippen molar-refractivity contribution in [3.8, 4) is 0 Å². The highest BCUT2D eigenvalue weighted by atomic mass is 16.2. The van der Waals surface area contributed by atoms with Crippen molar-refractivity contribution in [2.24, 2.45) is 28.9 Å². The third-order valence-electron chi connectivity index (χ3n) is 4.83. The Kier molecular flexibility index (Phi) is 3.85. The number of nitrogens with two attached hydrogens (primary N) is 1. The summed E-state index contributed by atoms with van der Waals surface area (Å²) in [5.74, 6) is 0.872.